The van der Waals surface area contributed by atoms with Gasteiger partial charge in [0.2, 0.25) is 5.28 Å². The van der Waals surface area contributed by atoms with Crippen molar-refractivity contribution in [3.05, 3.63) is 23.4 Å². The van der Waals surface area contributed by atoms with Gasteiger partial charge in [-0.1, -0.05) is 32.4 Å². The molecule has 0 bridgehead atoms. The number of hydrogen-bond donors (Lipinski definition) is 1. The van der Waals surface area contributed by atoms with Crippen LogP contribution in [-0.4, -0.2) is 202 Å². The monoisotopic (exact) mass is 1000 g/mol. The average Bonchev–Trinajstić information content (AvgIpc) is 4.11. The lowest BCUT2D eigenvalue weighted by molar-refractivity contribution is -0.109. The van der Waals surface area contributed by atoms with Crippen molar-refractivity contribution >= 4 is 43.5 Å². The first-order valence-corrected chi connectivity index (χ1v) is 25.9. The number of hydrogen-bond acceptors (Lipinski definition) is 19. The molecule has 0 radical (unpaired) electrons. The molecule has 0 saturated carbocycles. The highest BCUT2D eigenvalue weighted by atomic mass is 35.5. The van der Waals surface area contributed by atoms with Gasteiger partial charge in [-0.25, -0.2) is 9.36 Å². The summed E-state index contributed by atoms with van der Waals surface area (Å²) in [4.78, 5) is 32.8. The number of fused-ring (bicyclic) bond motifs is 1. The molecule has 3 aromatic heterocycles. The fourth-order valence-electron chi connectivity index (χ4n) is 7.84. The summed E-state index contributed by atoms with van der Waals surface area (Å²) < 4.78 is 58.5. The van der Waals surface area contributed by atoms with Gasteiger partial charge in [0.1, 0.15) is 17.8 Å². The number of aldehydes is 1. The van der Waals surface area contributed by atoms with Gasteiger partial charge in [0.15, 0.2) is 11.9 Å². The summed E-state index contributed by atoms with van der Waals surface area (Å²) in [6.45, 7) is 19.9. The van der Waals surface area contributed by atoms with Crippen LogP contribution in [0, 0.1) is 5.41 Å². The van der Waals surface area contributed by atoms with E-state index >= 15 is 0 Å². The van der Waals surface area contributed by atoms with E-state index in [4.69, 9.17) is 63.9 Å². The number of ether oxygens (including phenoxy) is 10. The van der Waals surface area contributed by atoms with Crippen molar-refractivity contribution in [3.8, 4) is 0 Å². The molecule has 21 nitrogen and oxygen atoms in total. The number of piperidine rings is 1. The van der Waals surface area contributed by atoms with Crippen LogP contribution in [0.4, 0.5) is 5.82 Å². The number of likely N-dealkylation sites (tertiary alicyclic amines) is 1. The van der Waals surface area contributed by atoms with E-state index in [2.05, 4.69) is 49.1 Å². The van der Waals surface area contributed by atoms with E-state index in [1.165, 1.54) is 19.4 Å². The summed E-state index contributed by atoms with van der Waals surface area (Å²) in [7, 11) is 2.01. The van der Waals surface area contributed by atoms with Crippen molar-refractivity contribution < 1.29 is 57.1 Å². The number of aromatic nitrogens is 7. The molecule has 3 fully saturated rings. The Labute approximate surface area is 409 Å². The summed E-state index contributed by atoms with van der Waals surface area (Å²) >= 11 is 6.32. The Bertz CT molecular complexity index is 1750. The molecule has 6 rings (SSSR count). The number of rotatable bonds is 35. The van der Waals surface area contributed by atoms with Crippen molar-refractivity contribution in [1.29, 1.82) is 0 Å². The van der Waals surface area contributed by atoms with E-state index in [0.29, 0.717) is 130 Å². The van der Waals surface area contributed by atoms with Crippen LogP contribution in [0.3, 0.4) is 0 Å². The Morgan fingerprint density at radius 3 is 2.10 bits per heavy atom. The molecular weight excluding hydrogens is 925 g/mol. The second kappa shape index (κ2) is 35.5. The average molecular weight is 1000 g/mol. The molecule has 0 amide bonds. The molecular formula is C45H79ClN9O12P. The van der Waals surface area contributed by atoms with E-state index in [9.17, 15) is 4.79 Å². The zero-order valence-corrected chi connectivity index (χ0v) is 42.7. The molecule has 23 heteroatoms. The van der Waals surface area contributed by atoms with Crippen LogP contribution in [0.5, 0.6) is 0 Å². The van der Waals surface area contributed by atoms with Crippen LogP contribution in [0.1, 0.15) is 77.6 Å². The first-order valence-electron chi connectivity index (χ1n) is 24.3. The predicted molar refractivity (Wildman–Crippen MR) is 259 cm³/mol. The maximum absolute atomic E-state index is 10.1. The molecule has 0 aliphatic carbocycles. The highest BCUT2D eigenvalue weighted by Crippen LogP contribution is 2.43. The van der Waals surface area contributed by atoms with Gasteiger partial charge in [-0.3, -0.25) is 0 Å². The minimum atomic E-state index is -0.198. The number of unbranched alkanes of at least 4 members (excludes halogenated alkanes) is 1. The fourth-order valence-corrected chi connectivity index (χ4v) is 8.21. The summed E-state index contributed by atoms with van der Waals surface area (Å²) in [6, 6.07) is 0. The van der Waals surface area contributed by atoms with Gasteiger partial charge in [0.25, 0.3) is 0 Å². The first-order chi connectivity index (χ1) is 33.4. The zero-order valence-electron chi connectivity index (χ0n) is 40.9. The zero-order chi connectivity index (χ0) is 48.5. The second-order valence-electron chi connectivity index (χ2n) is 16.4. The third kappa shape index (κ3) is 21.8. The number of carbonyl (C=O) groups excluding carboxylic acids is 1. The lowest BCUT2D eigenvalue weighted by atomic mass is 9.73. The molecule has 68 heavy (non-hydrogen) atoms. The Balaban J connectivity index is 0.000000289. The Morgan fingerprint density at radius 1 is 0.838 bits per heavy atom. The van der Waals surface area contributed by atoms with Crippen molar-refractivity contribution in [3.63, 3.8) is 0 Å². The highest BCUT2D eigenvalue weighted by Gasteiger charge is 2.46. The van der Waals surface area contributed by atoms with Gasteiger partial charge in [0, 0.05) is 46.9 Å². The molecule has 3 atom stereocenters. The van der Waals surface area contributed by atoms with Crippen molar-refractivity contribution in [2.75, 3.05) is 150 Å². The van der Waals surface area contributed by atoms with Crippen molar-refractivity contribution in [1.82, 2.24) is 39.6 Å². The summed E-state index contributed by atoms with van der Waals surface area (Å²) in [6.07, 6.45) is 11.6. The molecule has 3 aliphatic heterocycles. The van der Waals surface area contributed by atoms with E-state index in [1.807, 2.05) is 30.9 Å². The van der Waals surface area contributed by atoms with Gasteiger partial charge >= 0.3 is 0 Å². The number of anilines is 1. The quantitative estimate of drug-likeness (QED) is 0.0370. The van der Waals surface area contributed by atoms with E-state index < -0.39 is 0 Å². The van der Waals surface area contributed by atoms with Crippen molar-refractivity contribution in [2.45, 2.75) is 91.2 Å². The Hall–Kier alpha value is -2.60. The standard InChI is InChI=1S/C24H45N3O9.C19H28ClN6O3P.C2H6/c1-2-3-7-29-10-13-32-16-17-34-15-12-31-9-5-27-22-24(25-26-27)23-36-21-20-35-19-18-33-14-11-30-8-4-6-28;1-24-6-2-5-19(9-24)10-25(11-19)16-14-7-21-26(17(14)23-18(20)22-16)15-4-3-13(29-15)8-28-12-30-27;1-2/h6,22H,2-5,7-21,23H2,1H3;7,13,15,27,30H,2-6,8-12H2,1H3;1-2H3. The highest BCUT2D eigenvalue weighted by molar-refractivity contribution is 7.30. The largest absolute Gasteiger partial charge is 0.379 e. The number of carbonyl (C=O) groups is 1. The molecule has 1 N–H and O–H groups in total. The molecule has 0 aromatic carbocycles. The van der Waals surface area contributed by atoms with Crippen LogP contribution in [0.15, 0.2) is 12.4 Å². The minimum absolute atomic E-state index is 0.000844. The van der Waals surface area contributed by atoms with Crippen LogP contribution >= 0.6 is 20.4 Å². The van der Waals surface area contributed by atoms with Gasteiger partial charge in [-0.05, 0) is 57.3 Å². The fraction of sp³-hybridized carbons (Fsp3) is 0.822. The molecule has 388 valence electrons. The topological polar surface area (TPSA) is 210 Å². The minimum Gasteiger partial charge on any atom is -0.379 e. The predicted octanol–water partition coefficient (Wildman–Crippen LogP) is 4.58. The third-order valence-electron chi connectivity index (χ3n) is 11.0. The summed E-state index contributed by atoms with van der Waals surface area (Å²) in [5.41, 5.74) is 1.84. The summed E-state index contributed by atoms with van der Waals surface area (Å²) in [5, 5.41) is 13.9. The molecule has 3 aromatic rings. The summed E-state index contributed by atoms with van der Waals surface area (Å²) in [5.74, 6) is 0.872. The smallest absolute Gasteiger partial charge is 0.226 e. The lowest BCUT2D eigenvalue weighted by Gasteiger charge is -2.54. The molecule has 3 unspecified atom stereocenters. The molecule has 1 spiro atoms. The molecule has 6 heterocycles. The molecule has 3 aliphatic rings. The molecule has 3 saturated heterocycles. The van der Waals surface area contributed by atoms with Crippen molar-refractivity contribution in [2.24, 2.45) is 5.41 Å². The van der Waals surface area contributed by atoms with Crippen LogP contribution in [0.25, 0.3) is 11.0 Å². The van der Waals surface area contributed by atoms with E-state index in [0.717, 1.165) is 80.8 Å². The third-order valence-corrected chi connectivity index (χ3v) is 11.5. The van der Waals surface area contributed by atoms with Crippen LogP contribution in [-0.2, 0) is 65.3 Å². The SMILES string of the molecule is CC.CCCCOCCOCCOCCOCCn1cc(COCCOCCOCCOCCC=O)nn1.CN1CCCC2(C1)CN(c1nc(Cl)nc3c1cnn3C1CCC(COCPO)O1)C2. The number of halogens is 1. The van der Waals surface area contributed by atoms with Crippen LogP contribution in [0.2, 0.25) is 5.28 Å². The maximum Gasteiger partial charge on any atom is 0.226 e. The van der Waals surface area contributed by atoms with E-state index in [1.54, 1.807) is 4.68 Å². The van der Waals surface area contributed by atoms with Gasteiger partial charge in [-0.15, -0.1) is 5.10 Å². The van der Waals surface area contributed by atoms with Gasteiger partial charge in [-0.2, -0.15) is 15.1 Å². The Morgan fingerprint density at radius 2 is 1.47 bits per heavy atom. The van der Waals surface area contributed by atoms with Gasteiger partial charge < -0.3 is 66.9 Å². The van der Waals surface area contributed by atoms with Gasteiger partial charge in [0.05, 0.1) is 142 Å². The maximum atomic E-state index is 10.1. The first kappa shape index (κ1) is 58.0. The second-order valence-corrected chi connectivity index (χ2v) is 17.4. The Kier molecular flexibility index (Phi) is 30.3. The van der Waals surface area contributed by atoms with E-state index in [-0.39, 0.29) is 26.4 Å². The van der Waals surface area contributed by atoms with Crippen LogP contribution < -0.4 is 4.90 Å². The number of nitrogens with zero attached hydrogens (tertiary/aromatic N) is 9. The lowest BCUT2D eigenvalue weighted by Crippen LogP contribution is -2.62. The normalized spacial score (nSPS) is 18.0.